The van der Waals surface area contributed by atoms with E-state index in [0.717, 1.165) is 23.6 Å². The molecule has 1 aliphatic heterocycles. The Balaban J connectivity index is 1.50. The lowest BCUT2D eigenvalue weighted by Crippen LogP contribution is -3.14. The zero-order valence-corrected chi connectivity index (χ0v) is 15.4. The highest BCUT2D eigenvalue weighted by atomic mass is 16.5. The molecule has 1 fully saturated rings. The van der Waals surface area contributed by atoms with Crippen LogP contribution in [0.4, 0.5) is 5.69 Å². The molecule has 3 N–H and O–H groups in total. The number of amides is 1. The van der Waals surface area contributed by atoms with E-state index in [2.05, 4.69) is 10.1 Å². The van der Waals surface area contributed by atoms with Gasteiger partial charge in [-0.3, -0.25) is 4.79 Å². The predicted molar refractivity (Wildman–Crippen MR) is 102 cm³/mol. The Kier molecular flexibility index (Phi) is 5.88. The fraction of sp³-hybridized carbons (Fsp3) is 0.333. The quantitative estimate of drug-likeness (QED) is 0.687. The molecule has 1 amide bonds. The first-order valence-corrected chi connectivity index (χ1v) is 9.10. The number of carbonyl (C=O) groups is 2. The predicted octanol–water partition coefficient (Wildman–Crippen LogP) is 0.978. The smallest absolute Gasteiger partial charge is 0.337 e. The number of anilines is 1. The maximum absolute atomic E-state index is 12.3. The van der Waals surface area contributed by atoms with E-state index in [-0.39, 0.29) is 5.91 Å². The first-order chi connectivity index (χ1) is 13.0. The highest BCUT2D eigenvalue weighted by Gasteiger charge is 2.36. The Hall–Kier alpha value is -2.70. The Bertz CT molecular complexity index is 782. The molecule has 2 aromatic rings. The fourth-order valence-electron chi connectivity index (χ4n) is 3.47. The molecule has 1 heterocycles. The molecule has 0 atom stereocenters. The number of esters is 1. The van der Waals surface area contributed by atoms with Crippen molar-refractivity contribution >= 4 is 17.6 Å². The maximum Gasteiger partial charge on any atom is 0.337 e. The van der Waals surface area contributed by atoms with E-state index in [1.807, 2.05) is 30.3 Å². The Morgan fingerprint density at radius 3 is 2.30 bits per heavy atom. The van der Waals surface area contributed by atoms with Gasteiger partial charge in [0.2, 0.25) is 0 Å². The fourth-order valence-corrected chi connectivity index (χ4v) is 3.47. The summed E-state index contributed by atoms with van der Waals surface area (Å²) < 4.78 is 4.66. The second-order valence-corrected chi connectivity index (χ2v) is 6.94. The van der Waals surface area contributed by atoms with E-state index in [1.165, 1.54) is 7.11 Å². The zero-order chi connectivity index (χ0) is 19.3. The highest BCUT2D eigenvalue weighted by molar-refractivity contribution is 5.93. The van der Waals surface area contributed by atoms with Crippen molar-refractivity contribution in [3.63, 3.8) is 0 Å². The molecular formula is C21H25N2O4+. The lowest BCUT2D eigenvalue weighted by Gasteiger charge is -2.36. The monoisotopic (exact) mass is 369 g/mol. The van der Waals surface area contributed by atoms with Crippen molar-refractivity contribution in [3.8, 4) is 0 Å². The number of hydrogen-bond acceptors (Lipinski definition) is 4. The van der Waals surface area contributed by atoms with Crippen LogP contribution in [0.25, 0.3) is 0 Å². The zero-order valence-electron chi connectivity index (χ0n) is 15.4. The summed E-state index contributed by atoms with van der Waals surface area (Å²) in [6.45, 7) is 1.82. The van der Waals surface area contributed by atoms with E-state index in [0.29, 0.717) is 30.6 Å². The third-order valence-electron chi connectivity index (χ3n) is 5.10. The molecule has 2 aromatic carbocycles. The number of rotatable bonds is 5. The molecule has 0 spiro atoms. The summed E-state index contributed by atoms with van der Waals surface area (Å²) in [5.74, 6) is -0.488. The minimum Gasteiger partial charge on any atom is -0.465 e. The van der Waals surface area contributed by atoms with Gasteiger partial charge in [0.1, 0.15) is 5.60 Å². The normalized spacial score (nSPS) is 22.1. The minimum atomic E-state index is -0.801. The molecule has 0 aliphatic carbocycles. The van der Waals surface area contributed by atoms with E-state index >= 15 is 0 Å². The molecule has 6 nitrogen and oxygen atoms in total. The molecule has 6 heteroatoms. The largest absolute Gasteiger partial charge is 0.465 e. The van der Waals surface area contributed by atoms with Crippen LogP contribution in [0.2, 0.25) is 0 Å². The SMILES string of the molecule is COC(=O)c1ccc(NC(=O)C[NH+]2CCC(O)(c3ccccc3)CC2)cc1. The number of benzene rings is 2. The third kappa shape index (κ3) is 4.72. The molecule has 1 aliphatic rings. The van der Waals surface area contributed by atoms with Gasteiger partial charge in [-0.1, -0.05) is 30.3 Å². The Morgan fingerprint density at radius 1 is 1.07 bits per heavy atom. The van der Waals surface area contributed by atoms with Crippen molar-refractivity contribution in [1.82, 2.24) is 0 Å². The van der Waals surface area contributed by atoms with Gasteiger partial charge in [-0.2, -0.15) is 0 Å². The van der Waals surface area contributed by atoms with Gasteiger partial charge in [0.05, 0.1) is 25.8 Å². The van der Waals surface area contributed by atoms with Crippen molar-refractivity contribution < 1.29 is 24.3 Å². The molecule has 3 rings (SSSR count). The van der Waals surface area contributed by atoms with Crippen LogP contribution < -0.4 is 10.2 Å². The van der Waals surface area contributed by atoms with Gasteiger partial charge in [-0.25, -0.2) is 4.79 Å². The Morgan fingerprint density at radius 2 is 1.70 bits per heavy atom. The molecule has 27 heavy (non-hydrogen) atoms. The molecule has 0 unspecified atom stereocenters. The molecule has 0 saturated carbocycles. The van der Waals surface area contributed by atoms with Crippen LogP contribution in [0.1, 0.15) is 28.8 Å². The summed E-state index contributed by atoms with van der Waals surface area (Å²) in [4.78, 5) is 24.9. The van der Waals surface area contributed by atoms with Gasteiger partial charge in [-0.05, 0) is 29.8 Å². The number of likely N-dealkylation sites (tertiary alicyclic amines) is 1. The molecular weight excluding hydrogens is 344 g/mol. The summed E-state index contributed by atoms with van der Waals surface area (Å²) in [7, 11) is 1.33. The van der Waals surface area contributed by atoms with E-state index in [9.17, 15) is 14.7 Å². The first-order valence-electron chi connectivity index (χ1n) is 9.10. The summed E-state index contributed by atoms with van der Waals surface area (Å²) in [5, 5.41) is 13.7. The van der Waals surface area contributed by atoms with Crippen LogP contribution in [-0.4, -0.2) is 43.7 Å². The van der Waals surface area contributed by atoms with Crippen LogP contribution in [0.3, 0.4) is 0 Å². The van der Waals surface area contributed by atoms with Gasteiger partial charge in [0.15, 0.2) is 6.54 Å². The highest BCUT2D eigenvalue weighted by Crippen LogP contribution is 2.28. The summed E-state index contributed by atoms with van der Waals surface area (Å²) in [6, 6.07) is 16.3. The third-order valence-corrected chi connectivity index (χ3v) is 5.10. The van der Waals surface area contributed by atoms with Crippen LogP contribution in [-0.2, 0) is 15.1 Å². The second-order valence-electron chi connectivity index (χ2n) is 6.94. The van der Waals surface area contributed by atoms with Crippen LogP contribution in [0, 0.1) is 0 Å². The molecule has 1 saturated heterocycles. The average Bonchev–Trinajstić information content (AvgIpc) is 2.70. The lowest BCUT2D eigenvalue weighted by atomic mass is 9.84. The van der Waals surface area contributed by atoms with Gasteiger partial charge < -0.3 is 20.1 Å². The molecule has 0 aromatic heterocycles. The number of nitrogens with one attached hydrogen (secondary N) is 2. The van der Waals surface area contributed by atoms with Gasteiger partial charge in [-0.15, -0.1) is 0 Å². The van der Waals surface area contributed by atoms with Crippen LogP contribution in [0.5, 0.6) is 0 Å². The number of hydrogen-bond donors (Lipinski definition) is 3. The lowest BCUT2D eigenvalue weighted by molar-refractivity contribution is -0.899. The Labute approximate surface area is 158 Å². The summed E-state index contributed by atoms with van der Waals surface area (Å²) in [5.41, 5.74) is 1.23. The van der Waals surface area contributed by atoms with Crippen molar-refractivity contribution in [3.05, 3.63) is 65.7 Å². The number of ether oxygens (including phenoxy) is 1. The standard InChI is InChI=1S/C21H24N2O4/c1-27-20(25)16-7-9-18(10-8-16)22-19(24)15-23-13-11-21(26,12-14-23)17-5-3-2-4-6-17/h2-10,26H,11-15H2,1H3,(H,22,24)/p+1. The minimum absolute atomic E-state index is 0.0824. The van der Waals surface area contributed by atoms with E-state index < -0.39 is 11.6 Å². The van der Waals surface area contributed by atoms with Gasteiger partial charge in [0.25, 0.3) is 5.91 Å². The van der Waals surface area contributed by atoms with Gasteiger partial charge >= 0.3 is 5.97 Å². The second kappa shape index (κ2) is 8.33. The van der Waals surface area contributed by atoms with Crippen LogP contribution in [0.15, 0.2) is 54.6 Å². The maximum atomic E-state index is 12.3. The molecule has 0 radical (unpaired) electrons. The van der Waals surface area contributed by atoms with Crippen molar-refractivity contribution in [2.24, 2.45) is 0 Å². The van der Waals surface area contributed by atoms with Crippen molar-refractivity contribution in [2.75, 3.05) is 32.1 Å². The van der Waals surface area contributed by atoms with Crippen molar-refractivity contribution in [2.45, 2.75) is 18.4 Å². The molecule has 142 valence electrons. The number of methoxy groups -OCH3 is 1. The summed E-state index contributed by atoms with van der Waals surface area (Å²) in [6.07, 6.45) is 1.26. The van der Waals surface area contributed by atoms with E-state index in [1.54, 1.807) is 24.3 Å². The number of aliphatic hydroxyl groups is 1. The number of carbonyl (C=O) groups excluding carboxylic acids is 2. The average molecular weight is 369 g/mol. The van der Waals surface area contributed by atoms with Crippen molar-refractivity contribution in [1.29, 1.82) is 0 Å². The first kappa shape index (κ1) is 19.1. The number of piperidine rings is 1. The summed E-state index contributed by atoms with van der Waals surface area (Å²) >= 11 is 0. The van der Waals surface area contributed by atoms with Crippen LogP contribution >= 0.6 is 0 Å². The number of quaternary nitrogens is 1. The van der Waals surface area contributed by atoms with E-state index in [4.69, 9.17) is 0 Å². The topological polar surface area (TPSA) is 80.1 Å². The van der Waals surface area contributed by atoms with Gasteiger partial charge in [0, 0.05) is 18.5 Å². The molecule has 0 bridgehead atoms.